The van der Waals surface area contributed by atoms with Crippen LogP contribution in [0.15, 0.2) is 48.2 Å². The topological polar surface area (TPSA) is 23.6 Å². The number of hydrazine groups is 1. The number of fused-ring (bicyclic) bond motifs is 5. The molecule has 0 N–H and O–H groups in total. The summed E-state index contributed by atoms with van der Waals surface area (Å²) in [6, 6.07) is 14.4. The predicted molar refractivity (Wildman–Crippen MR) is 108 cm³/mol. The maximum absolute atomic E-state index is 12.9. The van der Waals surface area contributed by atoms with Gasteiger partial charge in [-0.3, -0.25) is 4.79 Å². The van der Waals surface area contributed by atoms with Crippen LogP contribution in [0.5, 0.6) is 0 Å². The second kappa shape index (κ2) is 5.84. The summed E-state index contributed by atoms with van der Waals surface area (Å²) in [4.78, 5) is 12.9. The number of hydrogen-bond donors (Lipinski definition) is 0. The summed E-state index contributed by atoms with van der Waals surface area (Å²) in [6.45, 7) is 4.32. The maximum Gasteiger partial charge on any atom is 0.243 e. The fourth-order valence-corrected chi connectivity index (χ4v) is 5.23. The molecule has 27 heavy (non-hydrogen) atoms. The minimum atomic E-state index is -0.204. The van der Waals surface area contributed by atoms with Crippen molar-refractivity contribution < 1.29 is 4.79 Å². The zero-order valence-electron chi connectivity index (χ0n) is 15.2. The SMILES string of the molecule is CC1(C)CC(=O)N2/C(=C/c3ccc(Cl)c(Cl)c3)C3Cc4ccccc4C3N21. The molecule has 5 heteroatoms. The number of benzene rings is 2. The van der Waals surface area contributed by atoms with Gasteiger partial charge in [-0.05, 0) is 55.2 Å². The first-order valence-corrected chi connectivity index (χ1v) is 9.99. The highest BCUT2D eigenvalue weighted by atomic mass is 35.5. The van der Waals surface area contributed by atoms with E-state index in [4.69, 9.17) is 23.2 Å². The van der Waals surface area contributed by atoms with E-state index in [1.807, 2.05) is 17.1 Å². The minimum absolute atomic E-state index is 0.165. The minimum Gasteiger partial charge on any atom is -0.273 e. The Kier molecular flexibility index (Phi) is 3.74. The molecule has 2 aliphatic heterocycles. The summed E-state index contributed by atoms with van der Waals surface area (Å²) in [5.41, 5.74) is 4.54. The number of hydrogen-bond acceptors (Lipinski definition) is 2. The molecule has 0 radical (unpaired) electrons. The number of amides is 1. The van der Waals surface area contributed by atoms with Gasteiger partial charge in [-0.25, -0.2) is 5.01 Å². The van der Waals surface area contributed by atoms with Gasteiger partial charge in [0.2, 0.25) is 5.91 Å². The largest absolute Gasteiger partial charge is 0.273 e. The molecule has 0 spiro atoms. The van der Waals surface area contributed by atoms with Crippen molar-refractivity contribution in [2.75, 3.05) is 0 Å². The third kappa shape index (κ3) is 2.49. The van der Waals surface area contributed by atoms with E-state index in [1.165, 1.54) is 11.1 Å². The molecule has 2 unspecified atom stereocenters. The quantitative estimate of drug-likeness (QED) is 0.633. The Morgan fingerprint density at radius 3 is 2.67 bits per heavy atom. The summed E-state index contributed by atoms with van der Waals surface area (Å²) in [5.74, 6) is 0.429. The summed E-state index contributed by atoms with van der Waals surface area (Å²) < 4.78 is 0. The predicted octanol–water partition coefficient (Wildman–Crippen LogP) is 5.49. The van der Waals surface area contributed by atoms with Crippen molar-refractivity contribution in [3.63, 3.8) is 0 Å². The van der Waals surface area contributed by atoms with Gasteiger partial charge in [0.1, 0.15) is 0 Å². The molecular formula is C22H20Cl2N2O. The molecule has 2 aromatic rings. The lowest BCUT2D eigenvalue weighted by molar-refractivity contribution is -0.134. The van der Waals surface area contributed by atoms with E-state index >= 15 is 0 Å². The van der Waals surface area contributed by atoms with Crippen molar-refractivity contribution in [1.82, 2.24) is 10.0 Å². The van der Waals surface area contributed by atoms with Crippen LogP contribution in [0.2, 0.25) is 10.0 Å². The van der Waals surface area contributed by atoms with Crippen LogP contribution in [0.3, 0.4) is 0 Å². The smallest absolute Gasteiger partial charge is 0.243 e. The van der Waals surface area contributed by atoms with Gasteiger partial charge in [-0.2, -0.15) is 5.01 Å². The van der Waals surface area contributed by atoms with Crippen molar-refractivity contribution in [3.05, 3.63) is 74.9 Å². The zero-order chi connectivity index (χ0) is 18.9. The van der Waals surface area contributed by atoms with Gasteiger partial charge in [0.25, 0.3) is 0 Å². The molecule has 138 valence electrons. The maximum atomic E-state index is 12.9. The molecule has 5 rings (SSSR count). The molecule has 2 aromatic carbocycles. The van der Waals surface area contributed by atoms with Crippen LogP contribution in [0.25, 0.3) is 6.08 Å². The normalized spacial score (nSPS) is 27.2. The van der Waals surface area contributed by atoms with Gasteiger partial charge < -0.3 is 0 Å². The third-order valence-electron chi connectivity index (χ3n) is 6.00. The molecule has 1 aliphatic carbocycles. The zero-order valence-corrected chi connectivity index (χ0v) is 16.8. The molecule has 2 heterocycles. The van der Waals surface area contributed by atoms with Crippen molar-refractivity contribution in [2.45, 2.75) is 38.3 Å². The summed E-state index contributed by atoms with van der Waals surface area (Å²) in [7, 11) is 0. The van der Waals surface area contributed by atoms with Crippen molar-refractivity contribution >= 4 is 35.2 Å². The standard InChI is InChI=1S/C22H20Cl2N2O/c1-22(2)12-20(27)25-19(10-13-7-8-17(23)18(24)9-13)16-11-14-5-3-4-6-15(14)21(16)26(22)25/h3-10,16,21H,11-12H2,1-2H3/b19-10+. The Morgan fingerprint density at radius 1 is 1.11 bits per heavy atom. The Bertz CT molecular complexity index is 998. The van der Waals surface area contributed by atoms with Gasteiger partial charge in [-0.15, -0.1) is 0 Å². The van der Waals surface area contributed by atoms with E-state index in [2.05, 4.69) is 49.2 Å². The highest BCUT2D eigenvalue weighted by molar-refractivity contribution is 6.42. The number of rotatable bonds is 1. The first kappa shape index (κ1) is 17.3. The fourth-order valence-electron chi connectivity index (χ4n) is 4.93. The van der Waals surface area contributed by atoms with E-state index in [1.54, 1.807) is 6.07 Å². The average Bonchev–Trinajstić information content (AvgIpc) is 3.20. The monoisotopic (exact) mass is 398 g/mol. The molecule has 3 aliphatic rings. The lowest BCUT2D eigenvalue weighted by Crippen LogP contribution is -2.43. The van der Waals surface area contributed by atoms with Crippen molar-refractivity contribution in [3.8, 4) is 0 Å². The average molecular weight is 399 g/mol. The Balaban J connectivity index is 1.67. The van der Waals surface area contributed by atoms with Crippen LogP contribution >= 0.6 is 23.2 Å². The van der Waals surface area contributed by atoms with E-state index in [0.717, 1.165) is 17.7 Å². The second-order valence-corrected chi connectivity index (χ2v) is 9.05. The summed E-state index contributed by atoms with van der Waals surface area (Å²) in [5, 5.41) is 5.29. The molecule has 0 saturated carbocycles. The van der Waals surface area contributed by atoms with E-state index in [9.17, 15) is 4.79 Å². The molecule has 3 nitrogen and oxygen atoms in total. The van der Waals surface area contributed by atoms with Gasteiger partial charge >= 0.3 is 0 Å². The van der Waals surface area contributed by atoms with Gasteiger partial charge in [0.05, 0.1) is 16.1 Å². The van der Waals surface area contributed by atoms with Gasteiger partial charge in [0, 0.05) is 23.6 Å². The van der Waals surface area contributed by atoms with Crippen molar-refractivity contribution in [2.24, 2.45) is 5.92 Å². The first-order valence-electron chi connectivity index (χ1n) is 9.23. The number of carbonyl (C=O) groups is 1. The molecule has 2 saturated heterocycles. The van der Waals surface area contributed by atoms with Crippen LogP contribution in [0.4, 0.5) is 0 Å². The fraction of sp³-hybridized carbons (Fsp3) is 0.318. The van der Waals surface area contributed by atoms with E-state index in [0.29, 0.717) is 16.5 Å². The Labute approximate surface area is 169 Å². The molecule has 0 aromatic heterocycles. The highest BCUT2D eigenvalue weighted by Crippen LogP contribution is 2.57. The van der Waals surface area contributed by atoms with Crippen molar-refractivity contribution in [1.29, 1.82) is 0 Å². The first-order chi connectivity index (χ1) is 12.9. The number of nitrogens with zero attached hydrogens (tertiary/aromatic N) is 2. The Morgan fingerprint density at radius 2 is 1.89 bits per heavy atom. The highest BCUT2D eigenvalue weighted by Gasteiger charge is 2.59. The van der Waals surface area contributed by atoms with Crippen LogP contribution in [-0.4, -0.2) is 21.5 Å². The summed E-state index contributed by atoms with van der Waals surface area (Å²) in [6.07, 6.45) is 3.58. The molecule has 2 atom stereocenters. The second-order valence-electron chi connectivity index (χ2n) is 8.24. The summed E-state index contributed by atoms with van der Waals surface area (Å²) >= 11 is 12.3. The lowest BCUT2D eigenvalue weighted by atomic mass is 9.92. The molecular weight excluding hydrogens is 379 g/mol. The third-order valence-corrected chi connectivity index (χ3v) is 6.74. The molecule has 0 bridgehead atoms. The van der Waals surface area contributed by atoms with Crippen LogP contribution in [0, 0.1) is 5.92 Å². The van der Waals surface area contributed by atoms with E-state index < -0.39 is 0 Å². The van der Waals surface area contributed by atoms with Gasteiger partial charge in [-0.1, -0.05) is 53.5 Å². The molecule has 2 fully saturated rings. The van der Waals surface area contributed by atoms with E-state index in [-0.39, 0.29) is 23.4 Å². The van der Waals surface area contributed by atoms with Crippen LogP contribution < -0.4 is 0 Å². The lowest BCUT2D eigenvalue weighted by Gasteiger charge is -2.35. The number of carbonyl (C=O) groups excluding carboxylic acids is 1. The van der Waals surface area contributed by atoms with Crippen LogP contribution in [0.1, 0.15) is 43.0 Å². The molecule has 1 amide bonds. The van der Waals surface area contributed by atoms with Crippen LogP contribution in [-0.2, 0) is 11.2 Å². The van der Waals surface area contributed by atoms with Gasteiger partial charge in [0.15, 0.2) is 0 Å². The Hall–Kier alpha value is -1.81. The number of halogens is 2.